The monoisotopic (exact) mass is 498 g/mol. The van der Waals surface area contributed by atoms with E-state index in [1.807, 2.05) is 37.3 Å². The van der Waals surface area contributed by atoms with Gasteiger partial charge in [0.15, 0.2) is 17.5 Å². The second-order valence-electron chi connectivity index (χ2n) is 7.21. The maximum Gasteiger partial charge on any atom is 0.311 e. The molecular formula is C23H19BrN2O4S. The number of benzene rings is 2. The van der Waals surface area contributed by atoms with Gasteiger partial charge in [0.25, 0.3) is 0 Å². The van der Waals surface area contributed by atoms with Crippen molar-refractivity contribution in [1.82, 2.24) is 4.98 Å². The number of aryl methyl sites for hydroxylation is 1. The molecular weight excluding hydrogens is 480 g/mol. The van der Waals surface area contributed by atoms with E-state index in [-0.39, 0.29) is 31.3 Å². The van der Waals surface area contributed by atoms with E-state index in [2.05, 4.69) is 20.9 Å². The topological polar surface area (TPSA) is 76.6 Å². The number of Topliss-reactive ketones (excluding diaryl/α,β-unsaturated/α-hetero) is 1. The van der Waals surface area contributed by atoms with Gasteiger partial charge in [0.05, 0.1) is 11.6 Å². The van der Waals surface area contributed by atoms with Crippen molar-refractivity contribution in [2.24, 2.45) is 5.92 Å². The van der Waals surface area contributed by atoms with Gasteiger partial charge in [-0.05, 0) is 19.1 Å². The van der Waals surface area contributed by atoms with E-state index in [1.165, 1.54) is 16.2 Å². The number of amides is 1. The van der Waals surface area contributed by atoms with Crippen LogP contribution in [0.15, 0.2) is 59.1 Å². The first-order chi connectivity index (χ1) is 14.9. The van der Waals surface area contributed by atoms with Crippen LogP contribution in [0.1, 0.15) is 21.7 Å². The van der Waals surface area contributed by atoms with E-state index >= 15 is 0 Å². The molecule has 1 aliphatic heterocycles. The van der Waals surface area contributed by atoms with Crippen LogP contribution in [0.4, 0.5) is 5.13 Å². The molecule has 1 aromatic heterocycles. The highest BCUT2D eigenvalue weighted by molar-refractivity contribution is 9.10. The first-order valence-corrected chi connectivity index (χ1v) is 11.3. The summed E-state index contributed by atoms with van der Waals surface area (Å²) in [5.41, 5.74) is 2.28. The van der Waals surface area contributed by atoms with Gasteiger partial charge in [-0.15, -0.1) is 11.3 Å². The molecule has 1 atom stereocenters. The highest BCUT2D eigenvalue weighted by Gasteiger charge is 2.38. The summed E-state index contributed by atoms with van der Waals surface area (Å²) in [6.45, 7) is 1.81. The van der Waals surface area contributed by atoms with Crippen molar-refractivity contribution in [3.05, 3.63) is 69.5 Å². The summed E-state index contributed by atoms with van der Waals surface area (Å²) in [5, 5.41) is 0.572. The van der Waals surface area contributed by atoms with Gasteiger partial charge in [-0.1, -0.05) is 58.4 Å². The molecule has 31 heavy (non-hydrogen) atoms. The molecule has 6 nitrogen and oxygen atoms in total. The normalized spacial score (nSPS) is 15.9. The molecule has 0 bridgehead atoms. The van der Waals surface area contributed by atoms with Crippen molar-refractivity contribution in [3.63, 3.8) is 0 Å². The smallest absolute Gasteiger partial charge is 0.311 e. The number of rotatable bonds is 6. The first-order valence-electron chi connectivity index (χ1n) is 9.71. The van der Waals surface area contributed by atoms with Crippen molar-refractivity contribution >= 4 is 50.1 Å². The number of aromatic nitrogens is 1. The van der Waals surface area contributed by atoms with Gasteiger partial charge >= 0.3 is 5.97 Å². The van der Waals surface area contributed by atoms with E-state index in [0.717, 1.165) is 20.6 Å². The van der Waals surface area contributed by atoms with Gasteiger partial charge in [-0.3, -0.25) is 19.3 Å². The van der Waals surface area contributed by atoms with Crippen LogP contribution in [0.5, 0.6) is 0 Å². The lowest BCUT2D eigenvalue weighted by molar-refractivity contribution is -0.147. The summed E-state index contributed by atoms with van der Waals surface area (Å²) in [7, 11) is 0. The Bertz CT molecular complexity index is 1130. The predicted molar refractivity (Wildman–Crippen MR) is 122 cm³/mol. The Labute approximate surface area is 192 Å². The van der Waals surface area contributed by atoms with Gasteiger partial charge in [-0.2, -0.15) is 0 Å². The van der Waals surface area contributed by atoms with Crippen molar-refractivity contribution in [2.45, 2.75) is 13.3 Å². The minimum Gasteiger partial charge on any atom is -0.457 e. The highest BCUT2D eigenvalue weighted by atomic mass is 79.9. The summed E-state index contributed by atoms with van der Waals surface area (Å²) in [4.78, 5) is 44.4. The third-order valence-electron chi connectivity index (χ3n) is 5.03. The van der Waals surface area contributed by atoms with Crippen LogP contribution in [0.25, 0.3) is 11.3 Å². The number of nitrogens with zero attached hydrogens (tertiary/aromatic N) is 2. The maximum absolute atomic E-state index is 12.6. The Balaban J connectivity index is 1.39. The second kappa shape index (κ2) is 9.11. The van der Waals surface area contributed by atoms with Gasteiger partial charge < -0.3 is 4.74 Å². The average Bonchev–Trinajstić information content (AvgIpc) is 3.35. The zero-order valence-corrected chi connectivity index (χ0v) is 19.1. The van der Waals surface area contributed by atoms with Crippen LogP contribution in [-0.2, 0) is 14.3 Å². The molecule has 4 rings (SSSR count). The Morgan fingerprint density at radius 3 is 2.58 bits per heavy atom. The van der Waals surface area contributed by atoms with E-state index in [9.17, 15) is 14.4 Å². The van der Waals surface area contributed by atoms with Crippen LogP contribution in [0.2, 0.25) is 0 Å². The van der Waals surface area contributed by atoms with Gasteiger partial charge in [0.2, 0.25) is 5.91 Å². The highest BCUT2D eigenvalue weighted by Crippen LogP contribution is 2.35. The van der Waals surface area contributed by atoms with Crippen LogP contribution in [0.3, 0.4) is 0 Å². The Morgan fingerprint density at radius 1 is 1.16 bits per heavy atom. The number of ether oxygens (including phenoxy) is 1. The van der Waals surface area contributed by atoms with Crippen molar-refractivity contribution in [2.75, 3.05) is 18.1 Å². The van der Waals surface area contributed by atoms with Crippen LogP contribution in [-0.4, -0.2) is 35.8 Å². The third kappa shape index (κ3) is 4.75. The molecule has 1 amide bonds. The molecule has 1 saturated heterocycles. The van der Waals surface area contributed by atoms with Gasteiger partial charge in [0, 0.05) is 33.4 Å². The average molecular weight is 499 g/mol. The molecule has 2 heterocycles. The van der Waals surface area contributed by atoms with Crippen molar-refractivity contribution < 1.29 is 19.1 Å². The molecule has 1 aliphatic rings. The first kappa shape index (κ1) is 21.4. The Hall–Kier alpha value is -2.84. The van der Waals surface area contributed by atoms with Crippen molar-refractivity contribution in [1.29, 1.82) is 0 Å². The molecule has 1 fully saturated rings. The molecule has 8 heteroatoms. The summed E-state index contributed by atoms with van der Waals surface area (Å²) in [6, 6.07) is 16.6. The SMILES string of the molecule is Cc1sc(N2CC(C(=O)OCC(=O)c3ccc(Br)cc3)CC2=O)nc1-c1ccccc1. The zero-order valence-electron chi connectivity index (χ0n) is 16.7. The fourth-order valence-electron chi connectivity index (χ4n) is 3.39. The van der Waals surface area contributed by atoms with Gasteiger partial charge in [0.1, 0.15) is 0 Å². The number of halogens is 1. The number of ketones is 1. The molecule has 1 unspecified atom stereocenters. The maximum atomic E-state index is 12.6. The number of carbonyl (C=O) groups is 3. The fraction of sp³-hybridized carbons (Fsp3) is 0.217. The van der Waals surface area contributed by atoms with Crippen molar-refractivity contribution in [3.8, 4) is 11.3 Å². The number of thiazole rings is 1. The fourth-order valence-corrected chi connectivity index (χ4v) is 4.61. The largest absolute Gasteiger partial charge is 0.457 e. The number of esters is 1. The summed E-state index contributed by atoms with van der Waals surface area (Å²) in [5.74, 6) is -1.62. The third-order valence-corrected chi connectivity index (χ3v) is 6.56. The number of carbonyl (C=O) groups excluding carboxylic acids is 3. The Morgan fingerprint density at radius 2 is 1.87 bits per heavy atom. The zero-order chi connectivity index (χ0) is 22.0. The van der Waals surface area contributed by atoms with Crippen LogP contribution in [0, 0.1) is 12.8 Å². The summed E-state index contributed by atoms with van der Waals surface area (Å²) < 4.78 is 6.07. The molecule has 0 radical (unpaired) electrons. The lowest BCUT2D eigenvalue weighted by Crippen LogP contribution is -2.27. The number of hydrogen-bond acceptors (Lipinski definition) is 6. The molecule has 0 aliphatic carbocycles. The lowest BCUT2D eigenvalue weighted by atomic mass is 10.1. The molecule has 0 spiro atoms. The van der Waals surface area contributed by atoms with Crippen LogP contribution < -0.4 is 4.90 Å². The summed E-state index contributed by atoms with van der Waals surface area (Å²) in [6.07, 6.45) is 0.0462. The van der Waals surface area contributed by atoms with E-state index in [0.29, 0.717) is 10.7 Å². The minimum atomic E-state index is -0.616. The van der Waals surface area contributed by atoms with E-state index in [1.54, 1.807) is 24.3 Å². The molecule has 0 N–H and O–H groups in total. The Kier molecular flexibility index (Phi) is 6.29. The molecule has 2 aromatic carbocycles. The summed E-state index contributed by atoms with van der Waals surface area (Å²) >= 11 is 4.74. The lowest BCUT2D eigenvalue weighted by Gasteiger charge is -2.12. The predicted octanol–water partition coefficient (Wildman–Crippen LogP) is 4.66. The molecule has 0 saturated carbocycles. The van der Waals surface area contributed by atoms with E-state index < -0.39 is 11.9 Å². The number of hydrogen-bond donors (Lipinski definition) is 0. The van der Waals surface area contributed by atoms with Gasteiger partial charge in [-0.25, -0.2) is 4.98 Å². The van der Waals surface area contributed by atoms with E-state index in [4.69, 9.17) is 4.74 Å². The minimum absolute atomic E-state index is 0.0462. The molecule has 3 aromatic rings. The quantitative estimate of drug-likeness (QED) is 0.364. The molecule has 158 valence electrons. The number of anilines is 1. The van der Waals surface area contributed by atoms with Crippen LogP contribution >= 0.6 is 27.3 Å². The second-order valence-corrected chi connectivity index (χ2v) is 9.31. The standard InChI is InChI=1S/C23H19BrN2O4S/c1-14-21(16-5-3-2-4-6-16)25-23(31-14)26-12-17(11-20(26)28)22(29)30-13-19(27)15-7-9-18(24)10-8-15/h2-10,17H,11-13H2,1H3.